The van der Waals surface area contributed by atoms with E-state index in [1.54, 1.807) is 0 Å². The second-order valence-corrected chi connectivity index (χ2v) is 5.89. The predicted octanol–water partition coefficient (Wildman–Crippen LogP) is 2.18. The molecule has 1 heterocycles. The van der Waals surface area contributed by atoms with Crippen molar-refractivity contribution >= 4 is 22.7 Å². The molecule has 0 bridgehead atoms. The van der Waals surface area contributed by atoms with Crippen molar-refractivity contribution in [3.05, 3.63) is 35.4 Å². The van der Waals surface area contributed by atoms with Crippen molar-refractivity contribution < 1.29 is 14.8 Å². The molecule has 1 fully saturated rings. The molecule has 102 valence electrons. The second kappa shape index (κ2) is 6.08. The van der Waals surface area contributed by atoms with Gasteiger partial charge in [-0.2, -0.15) is 0 Å². The molecule has 0 aromatic heterocycles. The lowest BCUT2D eigenvalue weighted by molar-refractivity contribution is -0.184. The number of oxime groups is 1. The molecule has 5 nitrogen and oxygen atoms in total. The number of aryl methyl sites for hydroxylation is 1. The van der Waals surface area contributed by atoms with Gasteiger partial charge < -0.3 is 5.21 Å². The third kappa shape index (κ3) is 3.48. The summed E-state index contributed by atoms with van der Waals surface area (Å²) in [5, 5.41) is 13.3. The molecule has 1 aliphatic heterocycles. The van der Waals surface area contributed by atoms with E-state index in [-0.39, 0.29) is 10.3 Å². The molecule has 1 aliphatic rings. The van der Waals surface area contributed by atoms with E-state index in [1.807, 2.05) is 38.1 Å². The first-order valence-corrected chi connectivity index (χ1v) is 6.87. The van der Waals surface area contributed by atoms with Gasteiger partial charge in [0.2, 0.25) is 5.04 Å². The van der Waals surface area contributed by atoms with Gasteiger partial charge in [-0.05, 0) is 12.5 Å². The number of hydrogen-bond donors (Lipinski definition) is 1. The van der Waals surface area contributed by atoms with E-state index in [4.69, 9.17) is 10.0 Å². The minimum Gasteiger partial charge on any atom is -0.410 e. The van der Waals surface area contributed by atoms with Crippen molar-refractivity contribution in [1.29, 1.82) is 0 Å². The summed E-state index contributed by atoms with van der Waals surface area (Å²) in [6.07, 6.45) is 0. The fraction of sp³-hybridized carbons (Fsp3) is 0.385. The zero-order valence-electron chi connectivity index (χ0n) is 10.9. The summed E-state index contributed by atoms with van der Waals surface area (Å²) < 4.78 is 0. The first kappa shape index (κ1) is 13.9. The van der Waals surface area contributed by atoms with Gasteiger partial charge in [-0.3, -0.25) is 9.63 Å². The minimum absolute atomic E-state index is 0.0719. The van der Waals surface area contributed by atoms with Crippen molar-refractivity contribution in [3.8, 4) is 0 Å². The van der Waals surface area contributed by atoms with Crippen molar-refractivity contribution in [2.45, 2.75) is 25.7 Å². The van der Waals surface area contributed by atoms with E-state index in [2.05, 4.69) is 5.16 Å². The van der Waals surface area contributed by atoms with Crippen LogP contribution in [0.25, 0.3) is 0 Å². The maximum absolute atomic E-state index is 11.9. The van der Waals surface area contributed by atoms with Gasteiger partial charge in [0, 0.05) is 5.25 Å². The molecule has 6 heteroatoms. The third-order valence-electron chi connectivity index (χ3n) is 2.74. The van der Waals surface area contributed by atoms with Crippen LogP contribution in [0.5, 0.6) is 0 Å². The largest absolute Gasteiger partial charge is 0.410 e. The van der Waals surface area contributed by atoms with Gasteiger partial charge in [0.15, 0.2) is 0 Å². The average Bonchev–Trinajstić information content (AvgIpc) is 2.41. The van der Waals surface area contributed by atoms with Gasteiger partial charge in [-0.25, -0.2) is 5.06 Å². The zero-order valence-corrected chi connectivity index (χ0v) is 11.7. The Morgan fingerprint density at radius 1 is 1.47 bits per heavy atom. The molecule has 1 N–H and O–H groups in total. The Kier molecular flexibility index (Phi) is 4.44. The van der Waals surface area contributed by atoms with Crippen LogP contribution >= 0.6 is 11.8 Å². The fourth-order valence-corrected chi connectivity index (χ4v) is 2.56. The number of nitrogens with zero attached hydrogens (tertiary/aromatic N) is 2. The van der Waals surface area contributed by atoms with E-state index in [9.17, 15) is 4.79 Å². The van der Waals surface area contributed by atoms with Crippen LogP contribution < -0.4 is 0 Å². The second-order valence-electron chi connectivity index (χ2n) is 4.46. The van der Waals surface area contributed by atoms with Crippen LogP contribution in [0.2, 0.25) is 0 Å². The normalized spacial score (nSPS) is 22.0. The average molecular weight is 280 g/mol. The Balaban J connectivity index is 1.98. The van der Waals surface area contributed by atoms with Crippen LogP contribution in [0.3, 0.4) is 0 Å². The molecule has 1 aromatic rings. The molecule has 1 amide bonds. The molecule has 1 atom stereocenters. The number of hydroxylamine groups is 2. The highest BCUT2D eigenvalue weighted by Gasteiger charge is 2.31. The van der Waals surface area contributed by atoms with Crippen LogP contribution in [0.15, 0.2) is 29.4 Å². The number of hydrogen-bond acceptors (Lipinski definition) is 5. The molecular formula is C13H16N2O3S. The molecule has 0 spiro atoms. The lowest BCUT2D eigenvalue weighted by Gasteiger charge is -2.29. The summed E-state index contributed by atoms with van der Waals surface area (Å²) in [5.41, 5.74) is 2.17. The minimum atomic E-state index is -0.391. The number of benzene rings is 1. The summed E-state index contributed by atoms with van der Waals surface area (Å²) in [6, 6.07) is 7.91. The van der Waals surface area contributed by atoms with E-state index in [0.717, 1.165) is 5.56 Å². The van der Waals surface area contributed by atoms with Gasteiger partial charge in [0.25, 0.3) is 0 Å². The molecule has 0 radical (unpaired) electrons. The van der Waals surface area contributed by atoms with E-state index >= 15 is 0 Å². The van der Waals surface area contributed by atoms with Crippen LogP contribution in [0.1, 0.15) is 18.1 Å². The quantitative estimate of drug-likeness (QED) is 0.681. The SMILES string of the molecule is Cc1ccc(CON2CC(C)SC(=NO)C2=O)cc1. The standard InChI is InChI=1S/C13H16N2O3S/c1-9-3-5-11(6-4-9)8-18-15-7-10(2)19-12(14-17)13(15)16/h3-6,10,17H,7-8H2,1-2H3. The lowest BCUT2D eigenvalue weighted by Crippen LogP contribution is -2.44. The Morgan fingerprint density at radius 3 is 2.79 bits per heavy atom. The van der Waals surface area contributed by atoms with Crippen LogP contribution in [0, 0.1) is 6.92 Å². The highest BCUT2D eigenvalue weighted by molar-refractivity contribution is 8.16. The molecule has 2 rings (SSSR count). The van der Waals surface area contributed by atoms with Gasteiger partial charge in [-0.15, -0.1) is 0 Å². The van der Waals surface area contributed by atoms with Crippen LogP contribution in [-0.2, 0) is 16.2 Å². The first-order valence-electron chi connectivity index (χ1n) is 5.99. The van der Waals surface area contributed by atoms with E-state index < -0.39 is 5.91 Å². The summed E-state index contributed by atoms with van der Waals surface area (Å²) in [7, 11) is 0. The summed E-state index contributed by atoms with van der Waals surface area (Å²) in [6.45, 7) is 4.77. The van der Waals surface area contributed by atoms with Gasteiger partial charge in [-0.1, -0.05) is 53.7 Å². The Labute approximate surface area is 116 Å². The fourth-order valence-electron chi connectivity index (χ4n) is 1.72. The molecule has 1 saturated heterocycles. The maximum Gasteiger partial charge on any atom is 0.306 e. The number of carbonyl (C=O) groups excluding carboxylic acids is 1. The van der Waals surface area contributed by atoms with Crippen molar-refractivity contribution in [1.82, 2.24) is 5.06 Å². The smallest absolute Gasteiger partial charge is 0.306 e. The third-order valence-corrected chi connectivity index (χ3v) is 3.77. The van der Waals surface area contributed by atoms with Crippen LogP contribution in [-0.4, -0.2) is 33.0 Å². The molecule has 19 heavy (non-hydrogen) atoms. The van der Waals surface area contributed by atoms with Gasteiger partial charge in [0.1, 0.15) is 6.61 Å². The molecule has 1 aromatic carbocycles. The highest BCUT2D eigenvalue weighted by atomic mass is 32.2. The molecular weight excluding hydrogens is 264 g/mol. The predicted molar refractivity (Wildman–Crippen MR) is 74.0 cm³/mol. The summed E-state index contributed by atoms with van der Waals surface area (Å²) >= 11 is 1.25. The van der Waals surface area contributed by atoms with Crippen molar-refractivity contribution in [2.75, 3.05) is 6.54 Å². The van der Waals surface area contributed by atoms with Crippen LogP contribution in [0.4, 0.5) is 0 Å². The zero-order chi connectivity index (χ0) is 13.8. The monoisotopic (exact) mass is 280 g/mol. The topological polar surface area (TPSA) is 62.1 Å². The lowest BCUT2D eigenvalue weighted by atomic mass is 10.2. The van der Waals surface area contributed by atoms with E-state index in [0.29, 0.717) is 13.2 Å². The van der Waals surface area contributed by atoms with Gasteiger partial charge in [0.05, 0.1) is 6.54 Å². The first-order chi connectivity index (χ1) is 9.10. The Morgan fingerprint density at radius 2 is 2.16 bits per heavy atom. The number of carbonyl (C=O) groups is 1. The number of thioether (sulfide) groups is 1. The maximum atomic E-state index is 11.9. The molecule has 0 aliphatic carbocycles. The molecule has 1 unspecified atom stereocenters. The van der Waals surface area contributed by atoms with Crippen molar-refractivity contribution in [3.63, 3.8) is 0 Å². The van der Waals surface area contributed by atoms with Gasteiger partial charge >= 0.3 is 5.91 Å². The number of rotatable bonds is 3. The molecule has 0 saturated carbocycles. The summed E-state index contributed by atoms with van der Waals surface area (Å²) in [5.74, 6) is -0.391. The highest BCUT2D eigenvalue weighted by Crippen LogP contribution is 2.22. The van der Waals surface area contributed by atoms with Crippen molar-refractivity contribution in [2.24, 2.45) is 5.16 Å². The summed E-state index contributed by atoms with van der Waals surface area (Å²) in [4.78, 5) is 17.4. The Bertz CT molecular complexity index is 487. The Hall–Kier alpha value is -1.53. The number of amides is 1. The van der Waals surface area contributed by atoms with E-state index in [1.165, 1.54) is 22.4 Å².